The van der Waals surface area contributed by atoms with Crippen LogP contribution in [0, 0.1) is 0 Å². The number of carbonyl (C=O) groups is 1. The van der Waals surface area contributed by atoms with E-state index in [1.165, 1.54) is 19.1 Å². The van der Waals surface area contributed by atoms with Gasteiger partial charge in [0.2, 0.25) is 0 Å². The Morgan fingerprint density at radius 3 is 3.00 bits per heavy atom. The van der Waals surface area contributed by atoms with Gasteiger partial charge in [0.1, 0.15) is 5.75 Å². The van der Waals surface area contributed by atoms with Gasteiger partial charge in [-0.1, -0.05) is 15.9 Å². The van der Waals surface area contributed by atoms with Gasteiger partial charge in [0, 0.05) is 4.47 Å². The summed E-state index contributed by atoms with van der Waals surface area (Å²) in [6.45, 7) is 1.36. The van der Waals surface area contributed by atoms with Crippen molar-refractivity contribution in [1.82, 2.24) is 0 Å². The maximum absolute atomic E-state index is 11.2. The van der Waals surface area contributed by atoms with Gasteiger partial charge in [-0.2, -0.15) is 0 Å². The minimum Gasteiger partial charge on any atom is -0.496 e. The minimum atomic E-state index is -2.54. The molecule has 0 radical (unpaired) electrons. The van der Waals surface area contributed by atoms with Gasteiger partial charge in [-0.05, 0) is 25.1 Å². The number of methoxy groups -OCH3 is 1. The van der Waals surface area contributed by atoms with E-state index in [-0.39, 0.29) is 17.1 Å². The van der Waals surface area contributed by atoms with Gasteiger partial charge in [0.15, 0.2) is 5.78 Å². The fraction of sp³-hybridized carbons (Fsp3) is 0.222. The second kappa shape index (κ2) is 3.72. The number of halogens is 1. The molecule has 0 heterocycles. The van der Waals surface area contributed by atoms with Gasteiger partial charge in [-0.15, -0.1) is 0 Å². The zero-order valence-corrected chi connectivity index (χ0v) is 8.01. The molecule has 1 aromatic rings. The van der Waals surface area contributed by atoms with Gasteiger partial charge in [0.25, 0.3) is 0 Å². The molecule has 0 aliphatic heterocycles. The lowest BCUT2D eigenvalue weighted by atomic mass is 10.1. The molecule has 3 heteroatoms. The van der Waals surface area contributed by atoms with E-state index >= 15 is 0 Å². The average Bonchev–Trinajstić information content (AvgIpc) is 2.05. The predicted molar refractivity (Wildman–Crippen MR) is 50.7 cm³/mol. The third-order valence-electron chi connectivity index (χ3n) is 1.43. The molecular weight excluding hydrogens is 220 g/mol. The van der Waals surface area contributed by atoms with Crippen molar-refractivity contribution in [2.45, 2.75) is 6.92 Å². The third kappa shape index (κ3) is 1.85. The Labute approximate surface area is 83.9 Å². The standard InChI is InChI=1S/C9H9BrO2/c1-6(11)8-5-7(10)3-4-9(8)12-2/h3-5H,1-2H3/i2D3. The van der Waals surface area contributed by atoms with Gasteiger partial charge >= 0.3 is 0 Å². The summed E-state index contributed by atoms with van der Waals surface area (Å²) in [5.74, 6) is -0.166. The van der Waals surface area contributed by atoms with Crippen molar-refractivity contribution < 1.29 is 13.6 Å². The van der Waals surface area contributed by atoms with Crippen molar-refractivity contribution in [3.8, 4) is 5.75 Å². The van der Waals surface area contributed by atoms with Crippen LogP contribution in [0.4, 0.5) is 0 Å². The van der Waals surface area contributed by atoms with Crippen LogP contribution in [-0.4, -0.2) is 12.8 Å². The molecule has 0 fully saturated rings. The highest BCUT2D eigenvalue weighted by molar-refractivity contribution is 9.10. The summed E-state index contributed by atoms with van der Waals surface area (Å²) in [6, 6.07) is 4.60. The molecule has 0 aromatic heterocycles. The average molecular weight is 232 g/mol. The van der Waals surface area contributed by atoms with Gasteiger partial charge in [0.05, 0.1) is 16.7 Å². The van der Waals surface area contributed by atoms with Crippen molar-refractivity contribution >= 4 is 21.7 Å². The normalized spacial score (nSPS) is 14.3. The van der Waals surface area contributed by atoms with Crippen molar-refractivity contribution in [2.75, 3.05) is 7.04 Å². The lowest BCUT2D eigenvalue weighted by Gasteiger charge is -2.04. The van der Waals surface area contributed by atoms with Crippen LogP contribution in [0.1, 0.15) is 21.4 Å². The van der Waals surface area contributed by atoms with Gasteiger partial charge in [-0.3, -0.25) is 4.79 Å². The summed E-state index contributed by atoms with van der Waals surface area (Å²) in [5.41, 5.74) is 0.250. The van der Waals surface area contributed by atoms with E-state index in [0.717, 1.165) is 0 Å². The van der Waals surface area contributed by atoms with Crippen LogP contribution < -0.4 is 4.74 Å². The molecule has 1 rings (SSSR count). The smallest absolute Gasteiger partial charge is 0.163 e. The number of benzene rings is 1. The maximum atomic E-state index is 11.2. The first-order valence-corrected chi connectivity index (χ1v) is 4.08. The highest BCUT2D eigenvalue weighted by Crippen LogP contribution is 2.22. The molecule has 2 nitrogen and oxygen atoms in total. The van der Waals surface area contributed by atoms with E-state index in [9.17, 15) is 4.79 Å². The predicted octanol–water partition coefficient (Wildman–Crippen LogP) is 2.66. The number of hydrogen-bond donors (Lipinski definition) is 0. The monoisotopic (exact) mass is 231 g/mol. The van der Waals surface area contributed by atoms with Crippen LogP contribution in [0.2, 0.25) is 0 Å². The quantitative estimate of drug-likeness (QED) is 0.732. The summed E-state index contributed by atoms with van der Waals surface area (Å²) in [7, 11) is -2.54. The number of carbonyl (C=O) groups excluding carboxylic acids is 1. The first-order valence-electron chi connectivity index (χ1n) is 4.79. The molecule has 64 valence electrons. The fourth-order valence-electron chi connectivity index (χ4n) is 0.866. The first kappa shape index (κ1) is 5.75. The Morgan fingerprint density at radius 1 is 1.67 bits per heavy atom. The molecule has 0 amide bonds. The highest BCUT2D eigenvalue weighted by Gasteiger charge is 2.07. The number of hydrogen-bond acceptors (Lipinski definition) is 2. The molecule has 12 heavy (non-hydrogen) atoms. The minimum absolute atomic E-state index is 0.0747. The van der Waals surface area contributed by atoms with Crippen LogP contribution in [0.15, 0.2) is 22.7 Å². The Balaban J connectivity index is 3.12. The largest absolute Gasteiger partial charge is 0.496 e. The Bertz CT molecular complexity index is 387. The second-order valence-corrected chi connectivity index (χ2v) is 3.21. The molecule has 0 N–H and O–H groups in total. The lowest BCUT2D eigenvalue weighted by molar-refractivity contribution is 0.101. The van der Waals surface area contributed by atoms with E-state index in [1.54, 1.807) is 6.07 Å². The molecule has 0 aliphatic carbocycles. The number of ketones is 1. The van der Waals surface area contributed by atoms with Crippen LogP contribution in [0.3, 0.4) is 0 Å². The van der Waals surface area contributed by atoms with Gasteiger partial charge in [-0.25, -0.2) is 0 Å². The number of ether oxygens (including phenoxy) is 1. The molecular formula is C9H9BrO2. The Hall–Kier alpha value is -0.830. The molecule has 0 aliphatic rings. The van der Waals surface area contributed by atoms with E-state index in [0.29, 0.717) is 4.47 Å². The SMILES string of the molecule is [2H]C([2H])([2H])Oc1ccc(Br)cc1C(C)=O. The van der Waals surface area contributed by atoms with Crippen molar-refractivity contribution in [3.05, 3.63) is 28.2 Å². The topological polar surface area (TPSA) is 26.3 Å². The molecule has 0 saturated carbocycles. The zero-order valence-electron chi connectivity index (χ0n) is 9.43. The van der Waals surface area contributed by atoms with Crippen molar-refractivity contribution in [1.29, 1.82) is 0 Å². The number of Topliss-reactive ketones (excluding diaryl/α,β-unsaturated/α-hetero) is 1. The molecule has 0 unspecified atom stereocenters. The summed E-state index contributed by atoms with van der Waals surface area (Å²) in [6.07, 6.45) is 0. The van der Waals surface area contributed by atoms with E-state index < -0.39 is 7.04 Å². The van der Waals surface area contributed by atoms with E-state index in [4.69, 9.17) is 8.85 Å². The molecule has 0 bridgehead atoms. The lowest BCUT2D eigenvalue weighted by Crippen LogP contribution is -1.96. The van der Waals surface area contributed by atoms with E-state index in [2.05, 4.69) is 15.9 Å². The summed E-state index contributed by atoms with van der Waals surface area (Å²) in [5, 5.41) is 0. The fourth-order valence-corrected chi connectivity index (χ4v) is 1.23. The van der Waals surface area contributed by atoms with Crippen molar-refractivity contribution in [3.63, 3.8) is 0 Å². The van der Waals surface area contributed by atoms with Crippen LogP contribution in [-0.2, 0) is 0 Å². The van der Waals surface area contributed by atoms with Crippen LogP contribution in [0.25, 0.3) is 0 Å². The van der Waals surface area contributed by atoms with Crippen LogP contribution in [0.5, 0.6) is 5.75 Å². The second-order valence-electron chi connectivity index (χ2n) is 2.30. The summed E-state index contributed by atoms with van der Waals surface area (Å²) in [4.78, 5) is 11.2. The third-order valence-corrected chi connectivity index (χ3v) is 1.92. The van der Waals surface area contributed by atoms with Crippen LogP contribution >= 0.6 is 15.9 Å². The molecule has 0 saturated heterocycles. The Kier molecular flexibility index (Phi) is 1.78. The molecule has 1 aromatic carbocycles. The van der Waals surface area contributed by atoms with Crippen molar-refractivity contribution in [2.24, 2.45) is 0 Å². The molecule has 0 atom stereocenters. The first-order chi connectivity index (χ1) is 6.79. The van der Waals surface area contributed by atoms with Gasteiger partial charge < -0.3 is 4.74 Å². The maximum Gasteiger partial charge on any atom is 0.163 e. The zero-order chi connectivity index (χ0) is 11.6. The number of rotatable bonds is 2. The molecule has 0 spiro atoms. The Morgan fingerprint density at radius 2 is 2.42 bits per heavy atom. The summed E-state index contributed by atoms with van der Waals surface area (Å²) >= 11 is 3.20. The highest BCUT2D eigenvalue weighted by atomic mass is 79.9. The summed E-state index contributed by atoms with van der Waals surface area (Å²) < 4.78 is 26.3. The van der Waals surface area contributed by atoms with E-state index in [1.807, 2.05) is 0 Å².